The van der Waals surface area contributed by atoms with Gasteiger partial charge in [0.2, 0.25) is 11.7 Å². The summed E-state index contributed by atoms with van der Waals surface area (Å²) in [5.74, 6) is 0.345. The van der Waals surface area contributed by atoms with Crippen LogP contribution in [0.1, 0.15) is 30.9 Å². The normalized spacial score (nSPS) is 18.3. The lowest BCUT2D eigenvalue weighted by Crippen LogP contribution is -2.52. The molecule has 2 aliphatic heterocycles. The quantitative estimate of drug-likeness (QED) is 0.901. The fourth-order valence-corrected chi connectivity index (χ4v) is 3.67. The van der Waals surface area contributed by atoms with Crippen molar-refractivity contribution in [2.45, 2.75) is 38.8 Å². The van der Waals surface area contributed by atoms with Crippen molar-refractivity contribution in [3.8, 4) is 16.9 Å². The number of rotatable bonds is 2. The Morgan fingerprint density at radius 3 is 2.65 bits per heavy atom. The van der Waals surface area contributed by atoms with Crippen LogP contribution in [-0.2, 0) is 22.7 Å². The zero-order chi connectivity index (χ0) is 18.1. The number of piperidine rings is 1. The molecule has 0 radical (unpaired) electrons. The van der Waals surface area contributed by atoms with Gasteiger partial charge in [-0.3, -0.25) is 4.79 Å². The molecular weight excluding hydrogens is 330 g/mol. The molecule has 2 aromatic rings. The minimum atomic E-state index is -0.614. The van der Waals surface area contributed by atoms with E-state index >= 15 is 0 Å². The van der Waals surface area contributed by atoms with Crippen molar-refractivity contribution in [1.29, 1.82) is 0 Å². The Kier molecular flexibility index (Phi) is 4.42. The number of hydrogen-bond acceptors (Lipinski definition) is 4. The van der Waals surface area contributed by atoms with Crippen LogP contribution in [0.2, 0.25) is 0 Å². The van der Waals surface area contributed by atoms with Gasteiger partial charge in [0.25, 0.3) is 0 Å². The van der Waals surface area contributed by atoms with Gasteiger partial charge in [0.1, 0.15) is 5.75 Å². The molecule has 5 nitrogen and oxygen atoms in total. The summed E-state index contributed by atoms with van der Waals surface area (Å²) in [6.45, 7) is 3.46. The molecule has 1 amide bonds. The van der Waals surface area contributed by atoms with Gasteiger partial charge in [-0.05, 0) is 34.9 Å². The van der Waals surface area contributed by atoms with E-state index in [0.717, 1.165) is 28.0 Å². The standard InChI is InChI=1S/C21H23NO4/c1-15(24)22-9-7-21(8-10-22)25-14-19-12-18(5-6-20(19)26-21)17-4-2-3-16(11-17)13-23/h2-6,11-12,23H,7-10,13-14H2,1H3. The Bertz CT molecular complexity index is 825. The Balaban J connectivity index is 1.54. The first-order chi connectivity index (χ1) is 12.6. The molecule has 1 N–H and O–H groups in total. The monoisotopic (exact) mass is 353 g/mol. The number of likely N-dealkylation sites (tertiary alicyclic amines) is 1. The molecule has 1 saturated heterocycles. The third-order valence-electron chi connectivity index (χ3n) is 5.26. The summed E-state index contributed by atoms with van der Waals surface area (Å²) in [5.41, 5.74) is 4.06. The van der Waals surface area contributed by atoms with Gasteiger partial charge in [-0.25, -0.2) is 0 Å². The van der Waals surface area contributed by atoms with Gasteiger partial charge in [-0.2, -0.15) is 0 Å². The molecule has 5 heteroatoms. The third-order valence-corrected chi connectivity index (χ3v) is 5.26. The molecule has 2 heterocycles. The Morgan fingerprint density at radius 2 is 1.92 bits per heavy atom. The molecule has 0 atom stereocenters. The average Bonchev–Trinajstić information content (AvgIpc) is 2.68. The number of aliphatic hydroxyl groups is 1. The van der Waals surface area contributed by atoms with Crippen LogP contribution in [0.4, 0.5) is 0 Å². The minimum Gasteiger partial charge on any atom is -0.462 e. The second-order valence-corrected chi connectivity index (χ2v) is 6.99. The maximum atomic E-state index is 11.5. The first-order valence-corrected chi connectivity index (χ1v) is 9.00. The second-order valence-electron chi connectivity index (χ2n) is 6.99. The van der Waals surface area contributed by atoms with Gasteiger partial charge >= 0.3 is 0 Å². The smallest absolute Gasteiger partial charge is 0.219 e. The lowest BCUT2D eigenvalue weighted by molar-refractivity contribution is -0.227. The van der Waals surface area contributed by atoms with Crippen molar-refractivity contribution in [1.82, 2.24) is 4.90 Å². The fraction of sp³-hybridized carbons (Fsp3) is 0.381. The number of carbonyl (C=O) groups is 1. The van der Waals surface area contributed by atoms with Crippen LogP contribution < -0.4 is 4.74 Å². The van der Waals surface area contributed by atoms with Crippen LogP contribution >= 0.6 is 0 Å². The highest BCUT2D eigenvalue weighted by Gasteiger charge is 2.41. The summed E-state index contributed by atoms with van der Waals surface area (Å²) in [6.07, 6.45) is 1.37. The van der Waals surface area contributed by atoms with Crippen molar-refractivity contribution in [2.24, 2.45) is 0 Å². The van der Waals surface area contributed by atoms with Crippen LogP contribution in [0.5, 0.6) is 5.75 Å². The van der Waals surface area contributed by atoms with E-state index in [1.165, 1.54) is 0 Å². The first-order valence-electron chi connectivity index (χ1n) is 9.00. The van der Waals surface area contributed by atoms with Gasteiger partial charge in [0.05, 0.1) is 13.2 Å². The molecule has 26 heavy (non-hydrogen) atoms. The molecule has 136 valence electrons. The SMILES string of the molecule is CC(=O)N1CCC2(CC1)OCc1cc(-c3cccc(CO)c3)ccc1O2. The molecule has 0 aromatic heterocycles. The molecular formula is C21H23NO4. The number of nitrogens with zero attached hydrogens (tertiary/aromatic N) is 1. The van der Waals surface area contributed by atoms with E-state index in [0.29, 0.717) is 32.5 Å². The maximum absolute atomic E-state index is 11.5. The molecule has 2 aromatic carbocycles. The van der Waals surface area contributed by atoms with Crippen LogP contribution in [0.3, 0.4) is 0 Å². The van der Waals surface area contributed by atoms with Gasteiger partial charge in [-0.1, -0.05) is 24.3 Å². The van der Waals surface area contributed by atoms with Gasteiger partial charge in [0, 0.05) is 38.4 Å². The third kappa shape index (κ3) is 3.20. The van der Waals surface area contributed by atoms with E-state index < -0.39 is 5.79 Å². The van der Waals surface area contributed by atoms with Crippen LogP contribution in [0.15, 0.2) is 42.5 Å². The lowest BCUT2D eigenvalue weighted by Gasteiger charge is -2.43. The predicted molar refractivity (Wildman–Crippen MR) is 97.4 cm³/mol. The molecule has 2 aliphatic rings. The summed E-state index contributed by atoms with van der Waals surface area (Å²) in [7, 11) is 0. The van der Waals surface area contributed by atoms with E-state index in [9.17, 15) is 9.90 Å². The highest BCUT2D eigenvalue weighted by Crippen LogP contribution is 2.39. The molecule has 0 saturated carbocycles. The van der Waals surface area contributed by atoms with Crippen molar-refractivity contribution in [2.75, 3.05) is 13.1 Å². The van der Waals surface area contributed by atoms with Crippen LogP contribution in [0, 0.1) is 0 Å². The summed E-state index contributed by atoms with van der Waals surface area (Å²) in [6, 6.07) is 14.0. The average molecular weight is 353 g/mol. The summed E-state index contributed by atoms with van der Waals surface area (Å²) >= 11 is 0. The molecule has 4 rings (SSSR count). The van der Waals surface area contributed by atoms with E-state index in [2.05, 4.69) is 6.07 Å². The molecule has 1 fully saturated rings. The van der Waals surface area contributed by atoms with Crippen molar-refractivity contribution in [3.05, 3.63) is 53.6 Å². The molecule has 0 bridgehead atoms. The zero-order valence-corrected chi connectivity index (χ0v) is 14.9. The number of benzene rings is 2. The molecule has 0 aliphatic carbocycles. The predicted octanol–water partition coefficient (Wildman–Crippen LogP) is 3.09. The van der Waals surface area contributed by atoms with E-state index in [1.807, 2.05) is 41.3 Å². The van der Waals surface area contributed by atoms with Crippen molar-refractivity contribution in [3.63, 3.8) is 0 Å². The van der Waals surface area contributed by atoms with Crippen LogP contribution in [-0.4, -0.2) is 34.8 Å². The summed E-state index contributed by atoms with van der Waals surface area (Å²) in [5, 5.41) is 9.33. The topological polar surface area (TPSA) is 59.0 Å². The molecule has 1 spiro atoms. The highest BCUT2D eigenvalue weighted by molar-refractivity contribution is 5.73. The Labute approximate surface area is 153 Å². The minimum absolute atomic E-state index is 0.0325. The molecule has 0 unspecified atom stereocenters. The fourth-order valence-electron chi connectivity index (χ4n) is 3.67. The number of fused-ring (bicyclic) bond motifs is 1. The number of carbonyl (C=O) groups excluding carboxylic acids is 1. The highest BCUT2D eigenvalue weighted by atomic mass is 16.7. The summed E-state index contributed by atoms with van der Waals surface area (Å²) < 4.78 is 12.3. The Morgan fingerprint density at radius 1 is 1.15 bits per heavy atom. The lowest BCUT2D eigenvalue weighted by atomic mass is 9.98. The van der Waals surface area contributed by atoms with E-state index in [1.54, 1.807) is 6.92 Å². The van der Waals surface area contributed by atoms with Gasteiger partial charge in [-0.15, -0.1) is 0 Å². The number of amides is 1. The van der Waals surface area contributed by atoms with Crippen LogP contribution in [0.25, 0.3) is 11.1 Å². The van der Waals surface area contributed by atoms with Crippen molar-refractivity contribution < 1.29 is 19.4 Å². The maximum Gasteiger partial charge on any atom is 0.219 e. The van der Waals surface area contributed by atoms with Crippen molar-refractivity contribution >= 4 is 5.91 Å². The van der Waals surface area contributed by atoms with E-state index in [4.69, 9.17) is 9.47 Å². The Hall–Kier alpha value is -2.37. The first kappa shape index (κ1) is 17.1. The van der Waals surface area contributed by atoms with Gasteiger partial charge in [0.15, 0.2) is 0 Å². The zero-order valence-electron chi connectivity index (χ0n) is 14.9. The second kappa shape index (κ2) is 6.74. The number of ether oxygens (including phenoxy) is 2. The van der Waals surface area contributed by atoms with E-state index in [-0.39, 0.29) is 12.5 Å². The number of hydrogen-bond donors (Lipinski definition) is 1. The largest absolute Gasteiger partial charge is 0.462 e. The summed E-state index contributed by atoms with van der Waals surface area (Å²) in [4.78, 5) is 13.4. The van der Waals surface area contributed by atoms with Gasteiger partial charge < -0.3 is 19.5 Å². The number of aliphatic hydroxyl groups excluding tert-OH is 1.